The molecule has 1 unspecified atom stereocenters. The number of ether oxygens (including phenoxy) is 1. The van der Waals surface area contributed by atoms with Gasteiger partial charge in [0.05, 0.1) is 12.7 Å². The zero-order valence-corrected chi connectivity index (χ0v) is 11.0. The fraction of sp³-hybridized carbons (Fsp3) is 0.600. The normalized spacial score (nSPS) is 12.6. The van der Waals surface area contributed by atoms with Gasteiger partial charge in [-0.15, -0.1) is 0 Å². The Balaban J connectivity index is 2.28. The number of aliphatic hydroxyl groups is 1. The molecule has 0 fully saturated rings. The highest BCUT2D eigenvalue weighted by atomic mass is 16.5. The van der Waals surface area contributed by atoms with E-state index < -0.39 is 0 Å². The lowest BCUT2D eigenvalue weighted by Crippen LogP contribution is -2.02. The Labute approximate surface area is 105 Å². The summed E-state index contributed by atoms with van der Waals surface area (Å²) in [4.78, 5) is 0. The molecule has 0 saturated heterocycles. The number of aliphatic hydroxyl groups excluding tert-OH is 1. The number of unbranched alkanes of at least 4 members (excludes halogenated alkanes) is 3. The highest BCUT2D eigenvalue weighted by Crippen LogP contribution is 2.18. The van der Waals surface area contributed by atoms with Crippen molar-refractivity contribution in [2.45, 2.75) is 52.2 Å². The highest BCUT2D eigenvalue weighted by Gasteiger charge is 2.04. The molecule has 1 aromatic rings. The summed E-state index contributed by atoms with van der Waals surface area (Å²) in [6.45, 7) is 5.23. The van der Waals surface area contributed by atoms with E-state index >= 15 is 0 Å². The van der Waals surface area contributed by atoms with Gasteiger partial charge in [0.2, 0.25) is 0 Å². The van der Waals surface area contributed by atoms with Gasteiger partial charge in [-0.2, -0.15) is 0 Å². The molecule has 0 spiro atoms. The maximum Gasteiger partial charge on any atom is 0.0796 e. The Morgan fingerprint density at radius 1 is 1.12 bits per heavy atom. The minimum Gasteiger partial charge on any atom is -0.392 e. The van der Waals surface area contributed by atoms with Crippen LogP contribution in [0.25, 0.3) is 0 Å². The second-order valence-electron chi connectivity index (χ2n) is 4.47. The van der Waals surface area contributed by atoms with Crippen LogP contribution in [0.2, 0.25) is 0 Å². The average molecular weight is 236 g/mol. The molecule has 1 rings (SSSR count). The molecule has 0 aliphatic rings. The first-order valence-corrected chi connectivity index (χ1v) is 6.59. The van der Waals surface area contributed by atoms with Crippen molar-refractivity contribution in [3.63, 3.8) is 0 Å². The summed E-state index contributed by atoms with van der Waals surface area (Å²) in [6.07, 6.45) is 5.10. The van der Waals surface area contributed by atoms with Crippen molar-refractivity contribution in [2.75, 3.05) is 6.61 Å². The minimum absolute atomic E-state index is 0.104. The number of rotatable bonds is 8. The van der Waals surface area contributed by atoms with Crippen LogP contribution >= 0.6 is 0 Å². The number of hydrogen-bond acceptors (Lipinski definition) is 2. The monoisotopic (exact) mass is 236 g/mol. The predicted molar refractivity (Wildman–Crippen MR) is 70.9 cm³/mol. The lowest BCUT2D eigenvalue weighted by Gasteiger charge is -2.13. The standard InChI is InChI=1S/C15H24O2/c1-3-4-5-6-11-17-13(2)15-9-7-14(12-16)8-10-15/h7-10,13,16H,3-6,11-12H2,1-2H3. The first-order valence-electron chi connectivity index (χ1n) is 6.59. The van der Waals surface area contributed by atoms with E-state index in [1.165, 1.54) is 24.8 Å². The second-order valence-corrected chi connectivity index (χ2v) is 4.47. The van der Waals surface area contributed by atoms with Gasteiger partial charge in [-0.1, -0.05) is 50.5 Å². The Bertz CT molecular complexity index is 292. The molecule has 0 bridgehead atoms. The molecule has 0 amide bonds. The number of benzene rings is 1. The van der Waals surface area contributed by atoms with E-state index in [4.69, 9.17) is 9.84 Å². The molecule has 0 heterocycles. The largest absolute Gasteiger partial charge is 0.392 e. The van der Waals surface area contributed by atoms with Gasteiger partial charge < -0.3 is 9.84 Å². The smallest absolute Gasteiger partial charge is 0.0796 e. The molecule has 1 aromatic carbocycles. The van der Waals surface area contributed by atoms with E-state index in [2.05, 4.69) is 13.8 Å². The van der Waals surface area contributed by atoms with E-state index in [1.54, 1.807) is 0 Å². The highest BCUT2D eigenvalue weighted by molar-refractivity contribution is 5.23. The summed E-state index contributed by atoms with van der Waals surface area (Å²) in [6, 6.07) is 7.96. The van der Waals surface area contributed by atoms with Crippen molar-refractivity contribution in [3.05, 3.63) is 35.4 Å². The van der Waals surface area contributed by atoms with Gasteiger partial charge in [0.1, 0.15) is 0 Å². The topological polar surface area (TPSA) is 29.5 Å². The van der Waals surface area contributed by atoms with Crippen LogP contribution in [0.3, 0.4) is 0 Å². The molecule has 0 saturated carbocycles. The zero-order chi connectivity index (χ0) is 12.5. The first kappa shape index (κ1) is 14.2. The lowest BCUT2D eigenvalue weighted by atomic mass is 10.1. The summed E-state index contributed by atoms with van der Waals surface area (Å²) in [5.74, 6) is 0. The van der Waals surface area contributed by atoms with Crippen LogP contribution < -0.4 is 0 Å². The molecule has 0 aliphatic heterocycles. The molecule has 0 aromatic heterocycles. The average Bonchev–Trinajstić information content (AvgIpc) is 2.38. The molecular formula is C15H24O2. The first-order chi connectivity index (χ1) is 8.27. The van der Waals surface area contributed by atoms with Gasteiger partial charge in [0, 0.05) is 6.61 Å². The Morgan fingerprint density at radius 2 is 1.82 bits per heavy atom. The molecule has 2 nitrogen and oxygen atoms in total. The third kappa shape index (κ3) is 5.33. The van der Waals surface area contributed by atoms with Crippen molar-refractivity contribution in [1.29, 1.82) is 0 Å². The van der Waals surface area contributed by atoms with Crippen molar-refractivity contribution >= 4 is 0 Å². The third-order valence-electron chi connectivity index (χ3n) is 3.00. The van der Waals surface area contributed by atoms with E-state index in [-0.39, 0.29) is 12.7 Å². The van der Waals surface area contributed by atoms with Gasteiger partial charge >= 0.3 is 0 Å². The molecule has 1 N–H and O–H groups in total. The summed E-state index contributed by atoms with van der Waals surface area (Å²) in [5.41, 5.74) is 2.13. The molecule has 96 valence electrons. The van der Waals surface area contributed by atoms with Crippen LogP contribution in [0.4, 0.5) is 0 Å². The quantitative estimate of drug-likeness (QED) is 0.695. The van der Waals surface area contributed by atoms with Crippen molar-refractivity contribution in [2.24, 2.45) is 0 Å². The van der Waals surface area contributed by atoms with Crippen molar-refractivity contribution < 1.29 is 9.84 Å². The van der Waals surface area contributed by atoms with Gasteiger partial charge in [-0.25, -0.2) is 0 Å². The maximum atomic E-state index is 8.96. The summed E-state index contributed by atoms with van der Waals surface area (Å²) in [5, 5.41) is 8.96. The summed E-state index contributed by atoms with van der Waals surface area (Å²) >= 11 is 0. The zero-order valence-electron chi connectivity index (χ0n) is 11.0. The third-order valence-corrected chi connectivity index (χ3v) is 3.00. The van der Waals surface area contributed by atoms with E-state index in [0.717, 1.165) is 18.6 Å². The molecule has 1 atom stereocenters. The molecular weight excluding hydrogens is 212 g/mol. The van der Waals surface area contributed by atoms with Crippen LogP contribution in [-0.4, -0.2) is 11.7 Å². The Kier molecular flexibility index (Phi) is 6.90. The number of hydrogen-bond donors (Lipinski definition) is 1. The summed E-state index contributed by atoms with van der Waals surface area (Å²) < 4.78 is 5.79. The van der Waals surface area contributed by atoms with E-state index in [1.807, 2.05) is 24.3 Å². The molecule has 0 aliphatic carbocycles. The molecule has 2 heteroatoms. The maximum absolute atomic E-state index is 8.96. The second kappa shape index (κ2) is 8.26. The van der Waals surface area contributed by atoms with Crippen molar-refractivity contribution in [3.8, 4) is 0 Å². The van der Waals surface area contributed by atoms with Crippen LogP contribution in [0.1, 0.15) is 56.8 Å². The predicted octanol–water partition coefficient (Wildman–Crippen LogP) is 3.84. The van der Waals surface area contributed by atoms with Crippen LogP contribution in [0.5, 0.6) is 0 Å². The van der Waals surface area contributed by atoms with Gasteiger partial charge in [-0.3, -0.25) is 0 Å². The lowest BCUT2D eigenvalue weighted by molar-refractivity contribution is 0.0628. The van der Waals surface area contributed by atoms with Gasteiger partial charge in [0.15, 0.2) is 0 Å². The van der Waals surface area contributed by atoms with Gasteiger partial charge in [-0.05, 0) is 24.5 Å². The Hall–Kier alpha value is -0.860. The SMILES string of the molecule is CCCCCCOC(C)c1ccc(CO)cc1. The van der Waals surface area contributed by atoms with Crippen molar-refractivity contribution in [1.82, 2.24) is 0 Å². The fourth-order valence-corrected chi connectivity index (χ4v) is 1.78. The Morgan fingerprint density at radius 3 is 2.41 bits per heavy atom. The van der Waals surface area contributed by atoms with Crippen LogP contribution in [0.15, 0.2) is 24.3 Å². The molecule has 0 radical (unpaired) electrons. The fourth-order valence-electron chi connectivity index (χ4n) is 1.78. The van der Waals surface area contributed by atoms with Gasteiger partial charge in [0.25, 0.3) is 0 Å². The van der Waals surface area contributed by atoms with Crippen LogP contribution in [0, 0.1) is 0 Å². The molecule has 17 heavy (non-hydrogen) atoms. The summed E-state index contributed by atoms with van der Waals surface area (Å²) in [7, 11) is 0. The van der Waals surface area contributed by atoms with E-state index in [0.29, 0.717) is 0 Å². The minimum atomic E-state index is 0.104. The van der Waals surface area contributed by atoms with Crippen LogP contribution in [-0.2, 0) is 11.3 Å². The van der Waals surface area contributed by atoms with E-state index in [9.17, 15) is 0 Å².